The van der Waals surface area contributed by atoms with E-state index in [2.05, 4.69) is 115 Å². The van der Waals surface area contributed by atoms with Crippen molar-refractivity contribution >= 4 is 35.3 Å². The largest absolute Gasteiger partial charge is 0.388 e. The van der Waals surface area contributed by atoms with Gasteiger partial charge >= 0.3 is 12.1 Å². The molecule has 75 heavy (non-hydrogen) atoms. The summed E-state index contributed by atoms with van der Waals surface area (Å²) in [5.41, 5.74) is 1.72. The van der Waals surface area contributed by atoms with Crippen LogP contribution in [0.5, 0.6) is 0 Å². The molecule has 4 aromatic rings. The van der Waals surface area contributed by atoms with Gasteiger partial charge in [0.15, 0.2) is 0 Å². The van der Waals surface area contributed by atoms with Gasteiger partial charge in [0.2, 0.25) is 11.9 Å². The second kappa shape index (κ2) is 20.8. The zero-order chi connectivity index (χ0) is 51.9. The highest BCUT2D eigenvalue weighted by Crippen LogP contribution is 2.52. The third kappa shape index (κ3) is 9.84. The standard InChI is InChI=1S/C29H40N6O3.C28H38N6O3/c1-32(2)29(23-7-4-3-5-8-23)13-11-27(12-14-29)21-34(26(36)35(27)22-28(37)9-6-10-28)24-19-30-25(31-20-24)33-15-17-38-18-16-33;1-29-28(22-6-3-2-4-7-22)12-10-26(11-13-28)20-33(25(35)34(26)21-27(36)8-5-9-27)23-18-30-24(31-19-23)32-14-16-37-17-15-32/h3-5,7-8,19-20,37H,6,9-18,21-22H2,1-2H3;2-4,6-7,18-19,29,36H,5,8-17,20-21H2,1H3. The summed E-state index contributed by atoms with van der Waals surface area (Å²) in [6, 6.07) is 21.3. The van der Waals surface area contributed by atoms with Crippen molar-refractivity contribution in [2.24, 2.45) is 0 Å². The summed E-state index contributed by atoms with van der Waals surface area (Å²) in [5.74, 6) is 1.35. The molecule has 4 aliphatic heterocycles. The molecule has 0 unspecified atom stereocenters. The molecule has 0 atom stereocenters. The normalized spacial score (nSPS) is 29.4. The molecule has 8 fully saturated rings. The van der Waals surface area contributed by atoms with E-state index in [1.165, 1.54) is 11.1 Å². The Morgan fingerprint density at radius 1 is 0.547 bits per heavy atom. The van der Waals surface area contributed by atoms with Crippen molar-refractivity contribution in [3.05, 3.63) is 96.6 Å². The van der Waals surface area contributed by atoms with Crippen LogP contribution in [0, 0.1) is 0 Å². The van der Waals surface area contributed by atoms with E-state index in [4.69, 9.17) is 9.47 Å². The van der Waals surface area contributed by atoms with E-state index < -0.39 is 11.2 Å². The Morgan fingerprint density at radius 2 is 0.933 bits per heavy atom. The monoisotopic (exact) mass is 1030 g/mol. The first kappa shape index (κ1) is 51.6. The molecule has 12 rings (SSSR count). The molecule has 2 aromatic heterocycles. The minimum atomic E-state index is -0.773. The molecule has 18 nitrogen and oxygen atoms in total. The molecule has 4 aliphatic carbocycles. The fourth-order valence-electron chi connectivity index (χ4n) is 13.6. The lowest BCUT2D eigenvalue weighted by Crippen LogP contribution is -2.59. The quantitative estimate of drug-likeness (QED) is 0.147. The number of anilines is 4. The molecule has 4 saturated heterocycles. The van der Waals surface area contributed by atoms with Crippen LogP contribution in [0.1, 0.15) is 101 Å². The molecular formula is C57H78N12O6. The molecule has 6 heterocycles. The van der Waals surface area contributed by atoms with Crippen LogP contribution in [0.3, 0.4) is 0 Å². The number of aromatic nitrogens is 4. The Hall–Kier alpha value is -5.50. The summed E-state index contributed by atoms with van der Waals surface area (Å²) in [6.07, 6.45) is 19.4. The number of carbonyl (C=O) groups is 2. The summed E-state index contributed by atoms with van der Waals surface area (Å²) in [6.45, 7) is 7.76. The van der Waals surface area contributed by atoms with Gasteiger partial charge in [-0.15, -0.1) is 0 Å². The second-order valence-electron chi connectivity index (χ2n) is 23.2. The number of rotatable bonds is 12. The first-order valence-corrected chi connectivity index (χ1v) is 27.7. The summed E-state index contributed by atoms with van der Waals surface area (Å²) in [5, 5.41) is 25.9. The second-order valence-corrected chi connectivity index (χ2v) is 23.2. The first-order valence-electron chi connectivity index (χ1n) is 27.7. The van der Waals surface area contributed by atoms with Gasteiger partial charge in [-0.3, -0.25) is 14.7 Å². The van der Waals surface area contributed by atoms with Gasteiger partial charge in [-0.2, -0.15) is 0 Å². The van der Waals surface area contributed by atoms with Crippen LogP contribution in [0.25, 0.3) is 0 Å². The molecule has 0 radical (unpaired) electrons. The maximum Gasteiger partial charge on any atom is 0.325 e. The van der Waals surface area contributed by atoms with Gasteiger partial charge < -0.3 is 44.6 Å². The van der Waals surface area contributed by atoms with E-state index in [0.717, 1.165) is 127 Å². The average Bonchev–Trinajstić information content (AvgIpc) is 3.87. The lowest BCUT2D eigenvalue weighted by Gasteiger charge is -2.52. The molecule has 18 heteroatoms. The van der Waals surface area contributed by atoms with Crippen molar-refractivity contribution in [1.29, 1.82) is 0 Å². The predicted molar refractivity (Wildman–Crippen MR) is 288 cm³/mol. The lowest BCUT2D eigenvalue weighted by molar-refractivity contribution is -0.0725. The third-order valence-electron chi connectivity index (χ3n) is 18.9. The topological polar surface area (TPSA) is 179 Å². The minimum Gasteiger partial charge on any atom is -0.388 e. The number of β-amino-alcohol motifs (C(OH)–C–C–N with tert-alkyl or cyclic N) is 2. The Balaban J connectivity index is 0.000000161. The maximum atomic E-state index is 14.0. The Kier molecular flexibility index (Phi) is 14.3. The highest BCUT2D eigenvalue weighted by molar-refractivity contribution is 5.96. The molecule has 4 amide bonds. The number of ether oxygens (including phenoxy) is 2. The van der Waals surface area contributed by atoms with E-state index in [-0.39, 0.29) is 34.2 Å². The van der Waals surface area contributed by atoms with E-state index >= 15 is 0 Å². The van der Waals surface area contributed by atoms with Crippen molar-refractivity contribution in [2.75, 3.05) is 120 Å². The summed E-state index contributed by atoms with van der Waals surface area (Å²) < 4.78 is 10.9. The number of nitrogens with zero attached hydrogens (tertiary/aromatic N) is 11. The first-order chi connectivity index (χ1) is 36.3. The molecule has 402 valence electrons. The lowest BCUT2D eigenvalue weighted by atomic mass is 9.67. The van der Waals surface area contributed by atoms with Crippen LogP contribution >= 0.6 is 0 Å². The van der Waals surface area contributed by atoms with Crippen LogP contribution in [0.4, 0.5) is 32.9 Å². The van der Waals surface area contributed by atoms with Crippen molar-refractivity contribution in [3.63, 3.8) is 0 Å². The third-order valence-corrected chi connectivity index (χ3v) is 18.9. The number of urea groups is 2. The number of benzene rings is 2. The van der Waals surface area contributed by atoms with Gasteiger partial charge in [-0.25, -0.2) is 29.5 Å². The zero-order valence-corrected chi connectivity index (χ0v) is 44.4. The number of hydrogen-bond acceptors (Lipinski definition) is 14. The Labute approximate surface area is 442 Å². The summed E-state index contributed by atoms with van der Waals surface area (Å²) in [7, 11) is 6.37. The van der Waals surface area contributed by atoms with Gasteiger partial charge in [-0.05, 0) is 122 Å². The number of nitrogens with one attached hydrogen (secondary N) is 1. The number of carbonyl (C=O) groups excluding carboxylic acids is 2. The van der Waals surface area contributed by atoms with Gasteiger partial charge in [0.1, 0.15) is 0 Å². The fourth-order valence-corrected chi connectivity index (χ4v) is 13.6. The minimum absolute atomic E-state index is 0.0369. The van der Waals surface area contributed by atoms with Crippen molar-refractivity contribution < 1.29 is 29.3 Å². The average molecular weight is 1030 g/mol. The Morgan fingerprint density at radius 3 is 1.29 bits per heavy atom. The molecule has 2 spiro atoms. The number of amides is 4. The predicted octanol–water partition coefficient (Wildman–Crippen LogP) is 6.14. The van der Waals surface area contributed by atoms with Crippen LogP contribution in [-0.2, 0) is 20.6 Å². The molecule has 4 saturated carbocycles. The van der Waals surface area contributed by atoms with Crippen LogP contribution < -0.4 is 24.9 Å². The molecular weight excluding hydrogens is 949 g/mol. The van der Waals surface area contributed by atoms with E-state index in [1.807, 2.05) is 26.6 Å². The van der Waals surface area contributed by atoms with Crippen LogP contribution in [-0.4, -0.2) is 179 Å². The molecule has 2 aromatic carbocycles. The zero-order valence-electron chi connectivity index (χ0n) is 44.4. The SMILES string of the molecule is CN(C)C1(c2ccccc2)CCC2(CC1)CN(c1cnc(N3CCOCC3)nc1)C(=O)N2CC1(O)CCC1.CNC1(c2ccccc2)CCC2(CC1)CN(c1cnc(N3CCOCC3)nc1)C(=O)N2CC1(O)CCC1. The van der Waals surface area contributed by atoms with Crippen molar-refractivity contribution in [2.45, 2.75) is 123 Å². The van der Waals surface area contributed by atoms with E-state index in [9.17, 15) is 19.8 Å². The highest BCUT2D eigenvalue weighted by Gasteiger charge is 2.58. The van der Waals surface area contributed by atoms with Gasteiger partial charge in [-0.1, -0.05) is 60.7 Å². The highest BCUT2D eigenvalue weighted by atomic mass is 16.5. The number of aliphatic hydroxyl groups is 2. The molecule has 0 bridgehead atoms. The molecule has 3 N–H and O–H groups in total. The van der Waals surface area contributed by atoms with Crippen LogP contribution in [0.2, 0.25) is 0 Å². The van der Waals surface area contributed by atoms with Crippen molar-refractivity contribution in [3.8, 4) is 0 Å². The van der Waals surface area contributed by atoms with Gasteiger partial charge in [0.05, 0.1) is 111 Å². The summed E-state index contributed by atoms with van der Waals surface area (Å²) >= 11 is 0. The van der Waals surface area contributed by atoms with Gasteiger partial charge in [0.25, 0.3) is 0 Å². The van der Waals surface area contributed by atoms with E-state index in [0.29, 0.717) is 64.5 Å². The molecule has 8 aliphatic rings. The fraction of sp³-hybridized carbons (Fsp3) is 0.614. The Bertz CT molecular complexity index is 2570. The summed E-state index contributed by atoms with van der Waals surface area (Å²) in [4.78, 5) is 60.6. The maximum absolute atomic E-state index is 14.0. The number of morpholine rings is 2. The smallest absolute Gasteiger partial charge is 0.325 e. The van der Waals surface area contributed by atoms with Crippen LogP contribution in [0.15, 0.2) is 85.5 Å². The van der Waals surface area contributed by atoms with Crippen molar-refractivity contribution in [1.82, 2.24) is 40.0 Å². The number of hydrogen-bond donors (Lipinski definition) is 3. The van der Waals surface area contributed by atoms with E-state index in [1.54, 1.807) is 24.8 Å². The van der Waals surface area contributed by atoms with Gasteiger partial charge in [0, 0.05) is 37.3 Å².